The Morgan fingerprint density at radius 3 is 2.88 bits per heavy atom. The summed E-state index contributed by atoms with van der Waals surface area (Å²) in [5.41, 5.74) is 2.88. The highest BCUT2D eigenvalue weighted by Crippen LogP contribution is 2.28. The van der Waals surface area contributed by atoms with Gasteiger partial charge in [-0.1, -0.05) is 5.16 Å². The molecule has 0 radical (unpaired) electrons. The highest BCUT2D eigenvalue weighted by atomic mass is 16.5. The van der Waals surface area contributed by atoms with Crippen molar-refractivity contribution in [1.29, 1.82) is 0 Å². The highest BCUT2D eigenvalue weighted by Gasteiger charge is 2.13. The smallest absolute Gasteiger partial charge is 0.167 e. The van der Waals surface area contributed by atoms with Gasteiger partial charge in [-0.25, -0.2) is 0 Å². The van der Waals surface area contributed by atoms with Crippen molar-refractivity contribution >= 4 is 21.9 Å². The van der Waals surface area contributed by atoms with Crippen LogP contribution in [0.15, 0.2) is 22.9 Å². The molecule has 4 nitrogen and oxygen atoms in total. The van der Waals surface area contributed by atoms with Gasteiger partial charge < -0.3 is 4.52 Å². The summed E-state index contributed by atoms with van der Waals surface area (Å²) in [5.74, 6) is 0. The van der Waals surface area contributed by atoms with Gasteiger partial charge in [-0.2, -0.15) is 5.10 Å². The molecule has 0 amide bonds. The third-order valence-electron chi connectivity index (χ3n) is 2.87. The summed E-state index contributed by atoms with van der Waals surface area (Å²) < 4.78 is 7.25. The number of fused-ring (bicyclic) bond motifs is 3. The normalized spacial score (nSPS) is 12.0. The summed E-state index contributed by atoms with van der Waals surface area (Å²) in [6.07, 6.45) is 1.89. The first kappa shape index (κ1) is 9.39. The second-order valence-corrected chi connectivity index (χ2v) is 4.32. The van der Waals surface area contributed by atoms with E-state index in [1.54, 1.807) is 0 Å². The molecule has 2 aromatic heterocycles. The van der Waals surface area contributed by atoms with Crippen molar-refractivity contribution < 1.29 is 4.52 Å². The molecule has 0 saturated heterocycles. The monoisotopic (exact) mass is 215 g/mol. The fourth-order valence-corrected chi connectivity index (χ4v) is 2.13. The standard InChI is InChI=1S/C12H13N3O/c1-7(2)15-10-4-5-11-12(8(3)14-16-11)9(10)6-13-15/h4-7H,1-3H3. The van der Waals surface area contributed by atoms with Crippen molar-refractivity contribution in [2.75, 3.05) is 0 Å². The summed E-state index contributed by atoms with van der Waals surface area (Å²) in [4.78, 5) is 0. The van der Waals surface area contributed by atoms with E-state index in [4.69, 9.17) is 4.52 Å². The molecule has 1 aromatic carbocycles. The first-order valence-electron chi connectivity index (χ1n) is 5.40. The lowest BCUT2D eigenvalue weighted by atomic mass is 10.1. The van der Waals surface area contributed by atoms with Gasteiger partial charge in [-0.3, -0.25) is 4.68 Å². The topological polar surface area (TPSA) is 43.9 Å². The van der Waals surface area contributed by atoms with Crippen LogP contribution in [0.1, 0.15) is 25.6 Å². The van der Waals surface area contributed by atoms with Crippen molar-refractivity contribution in [3.8, 4) is 0 Å². The summed E-state index contributed by atoms with van der Waals surface area (Å²) in [6.45, 7) is 6.20. The predicted molar refractivity (Wildman–Crippen MR) is 62.4 cm³/mol. The van der Waals surface area contributed by atoms with E-state index in [2.05, 4.69) is 24.1 Å². The van der Waals surface area contributed by atoms with Gasteiger partial charge in [0.1, 0.15) is 0 Å². The van der Waals surface area contributed by atoms with Gasteiger partial charge in [0.25, 0.3) is 0 Å². The third kappa shape index (κ3) is 1.10. The lowest BCUT2D eigenvalue weighted by molar-refractivity contribution is 0.450. The quantitative estimate of drug-likeness (QED) is 0.626. The van der Waals surface area contributed by atoms with Crippen molar-refractivity contribution in [1.82, 2.24) is 14.9 Å². The highest BCUT2D eigenvalue weighted by molar-refractivity contribution is 6.05. The maximum atomic E-state index is 5.24. The molecule has 0 aliphatic carbocycles. The molecule has 0 spiro atoms. The fourth-order valence-electron chi connectivity index (χ4n) is 2.13. The Morgan fingerprint density at radius 1 is 1.31 bits per heavy atom. The van der Waals surface area contributed by atoms with Gasteiger partial charge in [0.2, 0.25) is 0 Å². The maximum absolute atomic E-state index is 5.24. The summed E-state index contributed by atoms with van der Waals surface area (Å²) in [7, 11) is 0. The summed E-state index contributed by atoms with van der Waals surface area (Å²) in [6, 6.07) is 4.35. The molecule has 0 atom stereocenters. The average molecular weight is 215 g/mol. The Kier molecular flexibility index (Phi) is 1.80. The van der Waals surface area contributed by atoms with E-state index in [0.29, 0.717) is 6.04 Å². The van der Waals surface area contributed by atoms with Crippen LogP contribution in [0.5, 0.6) is 0 Å². The molecular formula is C12H13N3O. The second kappa shape index (κ2) is 3.07. The van der Waals surface area contributed by atoms with Crippen molar-refractivity contribution in [2.24, 2.45) is 0 Å². The maximum Gasteiger partial charge on any atom is 0.167 e. The summed E-state index contributed by atoms with van der Waals surface area (Å²) >= 11 is 0. The van der Waals surface area contributed by atoms with Crippen LogP contribution < -0.4 is 0 Å². The minimum atomic E-state index is 0.357. The van der Waals surface area contributed by atoms with Gasteiger partial charge in [0, 0.05) is 11.4 Å². The van der Waals surface area contributed by atoms with Crippen LogP contribution in [0, 0.1) is 6.92 Å². The molecule has 82 valence electrons. The molecule has 0 unspecified atom stereocenters. The van der Waals surface area contributed by atoms with E-state index in [9.17, 15) is 0 Å². The number of hydrogen-bond donors (Lipinski definition) is 0. The molecule has 0 bridgehead atoms. The Bertz CT molecular complexity index is 663. The number of nitrogens with zero attached hydrogens (tertiary/aromatic N) is 3. The minimum Gasteiger partial charge on any atom is -0.356 e. The zero-order valence-corrected chi connectivity index (χ0v) is 9.56. The molecule has 4 heteroatoms. The van der Waals surface area contributed by atoms with Crippen LogP contribution in [0.2, 0.25) is 0 Å². The zero-order valence-electron chi connectivity index (χ0n) is 9.56. The second-order valence-electron chi connectivity index (χ2n) is 4.32. The third-order valence-corrected chi connectivity index (χ3v) is 2.87. The van der Waals surface area contributed by atoms with Crippen molar-refractivity contribution in [3.63, 3.8) is 0 Å². The number of aryl methyl sites for hydroxylation is 1. The SMILES string of the molecule is Cc1noc2ccc3c(cnn3C(C)C)c12. The molecule has 0 saturated carbocycles. The lowest BCUT2D eigenvalue weighted by Crippen LogP contribution is -2.01. The van der Waals surface area contributed by atoms with Crippen LogP contribution in [-0.4, -0.2) is 14.9 Å². The van der Waals surface area contributed by atoms with E-state index in [-0.39, 0.29) is 0 Å². The summed E-state index contributed by atoms with van der Waals surface area (Å²) in [5, 5.41) is 10.6. The van der Waals surface area contributed by atoms with E-state index in [1.165, 1.54) is 0 Å². The Morgan fingerprint density at radius 2 is 2.12 bits per heavy atom. The Labute approximate surface area is 92.8 Å². The molecule has 0 N–H and O–H groups in total. The molecule has 0 aliphatic heterocycles. The van der Waals surface area contributed by atoms with Crippen LogP contribution in [0.3, 0.4) is 0 Å². The first-order valence-corrected chi connectivity index (χ1v) is 5.40. The fraction of sp³-hybridized carbons (Fsp3) is 0.333. The van der Waals surface area contributed by atoms with E-state index in [1.807, 2.05) is 29.9 Å². The largest absolute Gasteiger partial charge is 0.356 e. The number of hydrogen-bond acceptors (Lipinski definition) is 3. The van der Waals surface area contributed by atoms with E-state index < -0.39 is 0 Å². The molecule has 3 aromatic rings. The number of benzene rings is 1. The van der Waals surface area contributed by atoms with Crippen LogP contribution >= 0.6 is 0 Å². The van der Waals surface area contributed by atoms with Crippen LogP contribution in [-0.2, 0) is 0 Å². The van der Waals surface area contributed by atoms with E-state index >= 15 is 0 Å². The van der Waals surface area contributed by atoms with Crippen molar-refractivity contribution in [2.45, 2.75) is 26.8 Å². The molecule has 0 aliphatic rings. The predicted octanol–water partition coefficient (Wildman–Crippen LogP) is 3.07. The molecule has 0 fully saturated rings. The Hall–Kier alpha value is -1.84. The number of rotatable bonds is 1. The van der Waals surface area contributed by atoms with E-state index in [0.717, 1.165) is 27.6 Å². The van der Waals surface area contributed by atoms with Crippen molar-refractivity contribution in [3.05, 3.63) is 24.0 Å². The minimum absolute atomic E-state index is 0.357. The number of aromatic nitrogens is 3. The zero-order chi connectivity index (χ0) is 11.3. The molecule has 3 rings (SSSR count). The van der Waals surface area contributed by atoms with Gasteiger partial charge in [-0.15, -0.1) is 0 Å². The molecule has 2 heterocycles. The van der Waals surface area contributed by atoms with Gasteiger partial charge in [-0.05, 0) is 32.9 Å². The van der Waals surface area contributed by atoms with Gasteiger partial charge in [0.15, 0.2) is 5.58 Å². The molecular weight excluding hydrogens is 202 g/mol. The Balaban J connectivity index is 2.48. The average Bonchev–Trinajstić information content (AvgIpc) is 2.81. The first-order chi connectivity index (χ1) is 7.68. The van der Waals surface area contributed by atoms with Gasteiger partial charge >= 0.3 is 0 Å². The lowest BCUT2D eigenvalue weighted by Gasteiger charge is -2.06. The van der Waals surface area contributed by atoms with Gasteiger partial charge in [0.05, 0.1) is 22.8 Å². The molecule has 16 heavy (non-hydrogen) atoms. The van der Waals surface area contributed by atoms with Crippen LogP contribution in [0.25, 0.3) is 21.9 Å². The van der Waals surface area contributed by atoms with Crippen LogP contribution in [0.4, 0.5) is 0 Å².